The molecule has 0 aromatic heterocycles. The quantitative estimate of drug-likeness (QED) is 0.671. The Balaban J connectivity index is 2.07. The van der Waals surface area contributed by atoms with Crippen molar-refractivity contribution in [1.29, 1.82) is 0 Å². The summed E-state index contributed by atoms with van der Waals surface area (Å²) in [6.07, 6.45) is 0. The average Bonchev–Trinajstić information content (AvgIpc) is 2.46. The lowest BCUT2D eigenvalue weighted by Gasteiger charge is -2.42. The number of amides is 2. The fourth-order valence-corrected chi connectivity index (χ4v) is 2.71. The number of morpholine rings is 1. The van der Waals surface area contributed by atoms with E-state index in [1.165, 1.54) is 0 Å². The Kier molecular flexibility index (Phi) is 4.76. The highest BCUT2D eigenvalue weighted by Crippen LogP contribution is 2.14. The minimum absolute atomic E-state index is 0.0117. The zero-order valence-electron chi connectivity index (χ0n) is 11.8. The Hall–Kier alpha value is -1.14. The Morgan fingerprint density at radius 2 is 1.84 bits per heavy atom. The molecule has 2 amide bonds. The van der Waals surface area contributed by atoms with Crippen LogP contribution in [0.1, 0.15) is 13.8 Å². The van der Waals surface area contributed by atoms with Crippen molar-refractivity contribution < 1.29 is 14.3 Å². The van der Waals surface area contributed by atoms with Crippen molar-refractivity contribution >= 4 is 11.8 Å². The maximum Gasteiger partial charge on any atom is 0.246 e. The van der Waals surface area contributed by atoms with Crippen molar-refractivity contribution in [2.75, 3.05) is 52.5 Å². The van der Waals surface area contributed by atoms with Crippen molar-refractivity contribution in [2.24, 2.45) is 0 Å². The number of hydrogen-bond acceptors (Lipinski definition) is 4. The summed E-state index contributed by atoms with van der Waals surface area (Å²) in [4.78, 5) is 30.0. The summed E-state index contributed by atoms with van der Waals surface area (Å²) in [5.74, 6) is 0.0546. The zero-order valence-corrected chi connectivity index (χ0v) is 11.8. The van der Waals surface area contributed by atoms with E-state index in [0.29, 0.717) is 39.4 Å². The summed E-state index contributed by atoms with van der Waals surface area (Å²) in [6, 6.07) is -0.329. The first-order valence-corrected chi connectivity index (χ1v) is 6.99. The maximum absolute atomic E-state index is 12.6. The van der Waals surface area contributed by atoms with Crippen LogP contribution in [-0.2, 0) is 14.3 Å². The molecule has 2 heterocycles. The first-order valence-electron chi connectivity index (χ1n) is 6.99. The molecule has 1 atom stereocenters. The molecule has 0 saturated carbocycles. The van der Waals surface area contributed by atoms with Crippen molar-refractivity contribution in [3.63, 3.8) is 0 Å². The number of rotatable bonds is 2. The van der Waals surface area contributed by atoms with Gasteiger partial charge in [-0.2, -0.15) is 0 Å². The van der Waals surface area contributed by atoms with Crippen molar-refractivity contribution in [1.82, 2.24) is 14.7 Å². The van der Waals surface area contributed by atoms with Crippen LogP contribution < -0.4 is 0 Å². The lowest BCUT2D eigenvalue weighted by Crippen LogP contribution is -2.61. The lowest BCUT2D eigenvalue weighted by atomic mass is 10.1. The van der Waals surface area contributed by atoms with Gasteiger partial charge in [-0.3, -0.25) is 14.5 Å². The lowest BCUT2D eigenvalue weighted by molar-refractivity contribution is -0.150. The van der Waals surface area contributed by atoms with Crippen LogP contribution in [-0.4, -0.2) is 85.0 Å². The summed E-state index contributed by atoms with van der Waals surface area (Å²) in [6.45, 7) is 9.13. The monoisotopic (exact) mass is 269 g/mol. The summed E-state index contributed by atoms with van der Waals surface area (Å²) in [5.41, 5.74) is 0. The molecule has 0 bridgehead atoms. The van der Waals surface area contributed by atoms with E-state index in [2.05, 4.69) is 11.8 Å². The molecule has 6 nitrogen and oxygen atoms in total. The summed E-state index contributed by atoms with van der Waals surface area (Å²) >= 11 is 0. The third kappa shape index (κ3) is 3.25. The highest BCUT2D eigenvalue weighted by atomic mass is 16.5. The maximum atomic E-state index is 12.6. The van der Waals surface area contributed by atoms with Crippen LogP contribution in [0.25, 0.3) is 0 Å². The van der Waals surface area contributed by atoms with Gasteiger partial charge in [0.05, 0.1) is 13.2 Å². The van der Waals surface area contributed by atoms with Gasteiger partial charge in [-0.25, -0.2) is 0 Å². The Bertz CT molecular complexity index is 342. The highest BCUT2D eigenvalue weighted by Gasteiger charge is 2.36. The first-order chi connectivity index (χ1) is 9.13. The molecule has 108 valence electrons. The van der Waals surface area contributed by atoms with E-state index in [-0.39, 0.29) is 17.9 Å². The molecule has 0 radical (unpaired) electrons. The molecule has 0 aromatic rings. The molecule has 1 unspecified atom stereocenters. The molecule has 0 N–H and O–H groups in total. The van der Waals surface area contributed by atoms with E-state index in [4.69, 9.17) is 4.74 Å². The van der Waals surface area contributed by atoms with Gasteiger partial charge in [0.15, 0.2) is 0 Å². The van der Waals surface area contributed by atoms with Crippen molar-refractivity contribution in [3.05, 3.63) is 0 Å². The van der Waals surface area contributed by atoms with Crippen molar-refractivity contribution in [3.8, 4) is 0 Å². The molecule has 2 aliphatic rings. The number of nitrogens with zero attached hydrogens (tertiary/aromatic N) is 3. The van der Waals surface area contributed by atoms with Crippen LogP contribution >= 0.6 is 0 Å². The summed E-state index contributed by atoms with van der Waals surface area (Å²) < 4.78 is 5.27. The van der Waals surface area contributed by atoms with E-state index in [9.17, 15) is 9.59 Å². The largest absolute Gasteiger partial charge is 0.378 e. The van der Waals surface area contributed by atoms with Crippen LogP contribution in [0.4, 0.5) is 0 Å². The van der Waals surface area contributed by atoms with Gasteiger partial charge in [-0.15, -0.1) is 0 Å². The minimum atomic E-state index is -0.329. The number of piperazine rings is 1. The molecule has 19 heavy (non-hydrogen) atoms. The smallest absolute Gasteiger partial charge is 0.246 e. The molecule has 2 saturated heterocycles. The molecule has 0 aromatic carbocycles. The van der Waals surface area contributed by atoms with Crippen LogP contribution in [0.5, 0.6) is 0 Å². The number of carbonyl (C=O) groups excluding carboxylic acids is 2. The Morgan fingerprint density at radius 3 is 2.42 bits per heavy atom. The van der Waals surface area contributed by atoms with Gasteiger partial charge in [-0.05, 0) is 6.54 Å². The topological polar surface area (TPSA) is 53.1 Å². The van der Waals surface area contributed by atoms with E-state index >= 15 is 0 Å². The molecule has 2 fully saturated rings. The van der Waals surface area contributed by atoms with E-state index in [1.54, 1.807) is 11.8 Å². The predicted octanol–water partition coefficient (Wildman–Crippen LogP) is -0.602. The predicted molar refractivity (Wildman–Crippen MR) is 70.7 cm³/mol. The minimum Gasteiger partial charge on any atom is -0.378 e. The van der Waals surface area contributed by atoms with Crippen LogP contribution in [0, 0.1) is 0 Å². The third-order valence-corrected chi connectivity index (χ3v) is 3.92. The van der Waals surface area contributed by atoms with Gasteiger partial charge in [0.1, 0.15) is 6.04 Å². The SMILES string of the molecule is CCN1CCN(C(C)=O)C(C(=O)N2CCOCC2)C1. The fraction of sp³-hybridized carbons (Fsp3) is 0.846. The molecule has 0 aliphatic carbocycles. The van der Waals surface area contributed by atoms with Crippen molar-refractivity contribution in [2.45, 2.75) is 19.9 Å². The number of hydrogen-bond donors (Lipinski definition) is 0. The molecule has 6 heteroatoms. The first kappa shape index (κ1) is 14.3. The van der Waals surface area contributed by atoms with Crippen LogP contribution in [0.3, 0.4) is 0 Å². The molecular weight excluding hydrogens is 246 g/mol. The van der Waals surface area contributed by atoms with Crippen LogP contribution in [0.15, 0.2) is 0 Å². The number of ether oxygens (including phenoxy) is 1. The number of likely N-dealkylation sites (N-methyl/N-ethyl adjacent to an activating group) is 1. The van der Waals surface area contributed by atoms with E-state index < -0.39 is 0 Å². The molecule has 2 aliphatic heterocycles. The summed E-state index contributed by atoms with van der Waals surface area (Å²) in [5, 5.41) is 0. The van der Waals surface area contributed by atoms with Gasteiger partial charge in [0.2, 0.25) is 11.8 Å². The van der Waals surface area contributed by atoms with Gasteiger partial charge in [0, 0.05) is 39.6 Å². The third-order valence-electron chi connectivity index (χ3n) is 3.92. The fourth-order valence-electron chi connectivity index (χ4n) is 2.71. The standard InChI is InChI=1S/C13H23N3O3/c1-3-14-4-5-16(11(2)17)12(10-14)13(18)15-6-8-19-9-7-15/h12H,3-10H2,1-2H3. The van der Waals surface area contributed by atoms with Crippen LogP contribution in [0.2, 0.25) is 0 Å². The molecule has 0 spiro atoms. The summed E-state index contributed by atoms with van der Waals surface area (Å²) in [7, 11) is 0. The molecule has 2 rings (SSSR count). The highest BCUT2D eigenvalue weighted by molar-refractivity contribution is 5.87. The van der Waals surface area contributed by atoms with Gasteiger partial charge >= 0.3 is 0 Å². The second-order valence-corrected chi connectivity index (χ2v) is 5.06. The second-order valence-electron chi connectivity index (χ2n) is 5.06. The zero-order chi connectivity index (χ0) is 13.8. The number of carbonyl (C=O) groups is 2. The normalized spacial score (nSPS) is 25.5. The molecular formula is C13H23N3O3. The van der Waals surface area contributed by atoms with Gasteiger partial charge in [-0.1, -0.05) is 6.92 Å². The second kappa shape index (κ2) is 6.34. The van der Waals surface area contributed by atoms with Gasteiger partial charge < -0.3 is 14.5 Å². The Morgan fingerprint density at radius 1 is 1.16 bits per heavy atom. The average molecular weight is 269 g/mol. The van der Waals surface area contributed by atoms with Gasteiger partial charge in [0.25, 0.3) is 0 Å². The van der Waals surface area contributed by atoms with E-state index in [0.717, 1.165) is 13.1 Å². The Labute approximate surface area is 114 Å². The van der Waals surface area contributed by atoms with E-state index in [1.807, 2.05) is 4.90 Å².